The fourth-order valence-corrected chi connectivity index (χ4v) is 4.60. The van der Waals surface area contributed by atoms with Gasteiger partial charge in [0.15, 0.2) is 0 Å². The quantitative estimate of drug-likeness (QED) is 0.555. The van der Waals surface area contributed by atoms with Crippen LogP contribution in [0.1, 0.15) is 45.8 Å². The van der Waals surface area contributed by atoms with E-state index in [1.165, 1.54) is 5.56 Å². The largest absolute Gasteiger partial charge is 0.450 e. The fraction of sp³-hybridized carbons (Fsp3) is 0.296. The van der Waals surface area contributed by atoms with Crippen molar-refractivity contribution in [1.29, 1.82) is 0 Å². The second-order valence-corrected chi connectivity index (χ2v) is 8.75. The predicted octanol–water partition coefficient (Wildman–Crippen LogP) is 3.04. The number of anilines is 1. The van der Waals surface area contributed by atoms with E-state index < -0.39 is 0 Å². The second kappa shape index (κ2) is 10.7. The molecule has 169 valence electrons. The molecule has 0 bridgehead atoms. The van der Waals surface area contributed by atoms with Crippen LogP contribution in [0.5, 0.6) is 0 Å². The Balaban J connectivity index is 1.40. The van der Waals surface area contributed by atoms with Crippen LogP contribution in [0.2, 0.25) is 0 Å². The number of nitrogens with two attached hydrogens (primary N) is 1. The summed E-state index contributed by atoms with van der Waals surface area (Å²) < 4.78 is 0. The first-order valence-corrected chi connectivity index (χ1v) is 11.5. The van der Waals surface area contributed by atoms with E-state index in [2.05, 4.69) is 29.2 Å². The molecule has 3 aromatic carbocycles. The van der Waals surface area contributed by atoms with Crippen molar-refractivity contribution < 1.29 is 9.82 Å². The SMILES string of the molecule is CN(Cc1ccccc1[B]O)c1cccc(C(=O)N2CCC(c3cccc(CN)c3)CC2)c1. The van der Waals surface area contributed by atoms with Gasteiger partial charge in [-0.05, 0) is 59.1 Å². The van der Waals surface area contributed by atoms with Crippen LogP contribution in [0.3, 0.4) is 0 Å². The minimum atomic E-state index is 0.0866. The van der Waals surface area contributed by atoms with Crippen molar-refractivity contribution in [2.75, 3.05) is 25.0 Å². The highest BCUT2D eigenvalue weighted by molar-refractivity contribution is 6.46. The van der Waals surface area contributed by atoms with Gasteiger partial charge in [-0.25, -0.2) is 0 Å². The first-order valence-electron chi connectivity index (χ1n) is 11.5. The number of piperidine rings is 1. The monoisotopic (exact) mass is 440 g/mol. The third kappa shape index (κ3) is 5.46. The lowest BCUT2D eigenvalue weighted by Crippen LogP contribution is -2.38. The van der Waals surface area contributed by atoms with Crippen molar-refractivity contribution in [2.45, 2.75) is 31.8 Å². The number of hydrogen-bond acceptors (Lipinski definition) is 4. The lowest BCUT2D eigenvalue weighted by Gasteiger charge is -2.32. The Morgan fingerprint density at radius 1 is 1.06 bits per heavy atom. The van der Waals surface area contributed by atoms with Crippen molar-refractivity contribution in [1.82, 2.24) is 4.90 Å². The summed E-state index contributed by atoms with van der Waals surface area (Å²) in [4.78, 5) is 17.3. The summed E-state index contributed by atoms with van der Waals surface area (Å²) in [5.74, 6) is 0.560. The van der Waals surface area contributed by atoms with Gasteiger partial charge in [-0.15, -0.1) is 0 Å². The maximum atomic E-state index is 13.2. The number of nitrogens with zero attached hydrogens (tertiary/aromatic N) is 2. The molecule has 1 saturated heterocycles. The first kappa shape index (κ1) is 23.1. The van der Waals surface area contributed by atoms with Crippen LogP contribution in [0.4, 0.5) is 5.69 Å². The van der Waals surface area contributed by atoms with Gasteiger partial charge in [0.25, 0.3) is 5.91 Å². The molecule has 33 heavy (non-hydrogen) atoms. The predicted molar refractivity (Wildman–Crippen MR) is 135 cm³/mol. The van der Waals surface area contributed by atoms with Gasteiger partial charge in [0.2, 0.25) is 0 Å². The van der Waals surface area contributed by atoms with E-state index in [1.54, 1.807) is 0 Å². The maximum absolute atomic E-state index is 13.2. The molecule has 1 aliphatic rings. The van der Waals surface area contributed by atoms with Gasteiger partial charge in [-0.1, -0.05) is 54.6 Å². The highest BCUT2D eigenvalue weighted by atomic mass is 16.2. The Hall–Kier alpha value is -3.09. The molecule has 1 heterocycles. The molecule has 5 nitrogen and oxygen atoms in total. The molecule has 0 spiro atoms. The number of benzene rings is 3. The zero-order valence-electron chi connectivity index (χ0n) is 19.2. The zero-order chi connectivity index (χ0) is 23.2. The van der Waals surface area contributed by atoms with Crippen LogP contribution >= 0.6 is 0 Å². The Bertz CT molecular complexity index is 1100. The number of amides is 1. The van der Waals surface area contributed by atoms with Gasteiger partial charge in [-0.2, -0.15) is 0 Å². The van der Waals surface area contributed by atoms with Crippen molar-refractivity contribution in [3.63, 3.8) is 0 Å². The molecule has 1 radical (unpaired) electrons. The first-order chi connectivity index (χ1) is 16.1. The molecule has 3 N–H and O–H groups in total. The van der Waals surface area contributed by atoms with Crippen molar-refractivity contribution in [3.05, 3.63) is 95.1 Å². The van der Waals surface area contributed by atoms with E-state index in [-0.39, 0.29) is 5.91 Å². The van der Waals surface area contributed by atoms with Crippen LogP contribution in [0, 0.1) is 0 Å². The molecule has 0 aliphatic carbocycles. The smallest absolute Gasteiger partial charge is 0.327 e. The number of hydrogen-bond donors (Lipinski definition) is 2. The topological polar surface area (TPSA) is 69.8 Å². The highest BCUT2D eigenvalue weighted by Crippen LogP contribution is 2.29. The van der Waals surface area contributed by atoms with Gasteiger partial charge < -0.3 is 20.6 Å². The normalized spacial score (nSPS) is 14.2. The van der Waals surface area contributed by atoms with Crippen LogP contribution in [-0.4, -0.2) is 43.5 Å². The number of carbonyl (C=O) groups excluding carboxylic acids is 1. The van der Waals surface area contributed by atoms with Crippen LogP contribution in [0.25, 0.3) is 0 Å². The summed E-state index contributed by atoms with van der Waals surface area (Å²) in [5.41, 5.74) is 11.8. The Morgan fingerprint density at radius 2 is 1.82 bits per heavy atom. The highest BCUT2D eigenvalue weighted by Gasteiger charge is 2.25. The zero-order valence-corrected chi connectivity index (χ0v) is 19.2. The standard InChI is InChI=1S/C27H31BN3O2/c1-30(19-24-7-2-3-11-26(24)28-33)25-10-5-9-23(17-25)27(32)31-14-12-21(13-15-31)22-8-4-6-20(16-22)18-29/h2-11,16-17,21,33H,12-15,18-19,29H2,1H3. The molecule has 4 rings (SSSR count). The van der Waals surface area contributed by atoms with Gasteiger partial charge in [0, 0.05) is 44.5 Å². The van der Waals surface area contributed by atoms with E-state index in [0.29, 0.717) is 24.6 Å². The second-order valence-electron chi connectivity index (χ2n) is 8.75. The Kier molecular flexibility index (Phi) is 7.48. The van der Waals surface area contributed by atoms with E-state index in [0.717, 1.165) is 55.7 Å². The lowest BCUT2D eigenvalue weighted by atomic mass is 9.84. The fourth-order valence-electron chi connectivity index (χ4n) is 4.60. The van der Waals surface area contributed by atoms with Crippen LogP contribution in [-0.2, 0) is 13.1 Å². The molecule has 0 aromatic heterocycles. The molecule has 0 atom stereocenters. The molecule has 1 aliphatic heterocycles. The molecule has 3 aromatic rings. The minimum Gasteiger partial charge on any atom is -0.450 e. The summed E-state index contributed by atoms with van der Waals surface area (Å²) in [6.07, 6.45) is 1.93. The number of rotatable bonds is 7. The molecule has 1 fully saturated rings. The van der Waals surface area contributed by atoms with Gasteiger partial charge >= 0.3 is 7.48 Å². The summed E-state index contributed by atoms with van der Waals surface area (Å²) in [5, 5.41) is 9.48. The minimum absolute atomic E-state index is 0.0866. The Morgan fingerprint density at radius 3 is 2.58 bits per heavy atom. The van der Waals surface area contributed by atoms with Crippen molar-refractivity contribution in [2.24, 2.45) is 5.73 Å². The molecular formula is C27H31BN3O2. The number of carbonyl (C=O) groups is 1. The summed E-state index contributed by atoms with van der Waals surface area (Å²) in [6.45, 7) is 2.71. The van der Waals surface area contributed by atoms with Gasteiger partial charge in [-0.3, -0.25) is 4.79 Å². The average molecular weight is 440 g/mol. The van der Waals surface area contributed by atoms with E-state index in [9.17, 15) is 9.82 Å². The molecule has 0 unspecified atom stereocenters. The summed E-state index contributed by atoms with van der Waals surface area (Å²) in [7, 11) is 3.14. The van der Waals surface area contributed by atoms with Crippen LogP contribution in [0.15, 0.2) is 72.8 Å². The van der Waals surface area contributed by atoms with E-state index in [1.807, 2.05) is 60.5 Å². The number of likely N-dealkylation sites (tertiary alicyclic amines) is 1. The maximum Gasteiger partial charge on any atom is 0.327 e. The van der Waals surface area contributed by atoms with E-state index in [4.69, 9.17) is 5.73 Å². The summed E-state index contributed by atoms with van der Waals surface area (Å²) >= 11 is 0. The van der Waals surface area contributed by atoms with Crippen LogP contribution < -0.4 is 16.1 Å². The van der Waals surface area contributed by atoms with E-state index >= 15 is 0 Å². The van der Waals surface area contributed by atoms with Crippen molar-refractivity contribution in [3.8, 4) is 0 Å². The van der Waals surface area contributed by atoms with Gasteiger partial charge in [0.05, 0.1) is 0 Å². The average Bonchev–Trinajstić information content (AvgIpc) is 2.88. The third-order valence-corrected chi connectivity index (χ3v) is 6.58. The summed E-state index contributed by atoms with van der Waals surface area (Å²) in [6, 6.07) is 24.1. The molecule has 0 saturated carbocycles. The van der Waals surface area contributed by atoms with Crippen molar-refractivity contribution >= 4 is 24.5 Å². The Labute approximate surface area is 197 Å². The van der Waals surface area contributed by atoms with Gasteiger partial charge in [0.1, 0.15) is 0 Å². The molecule has 6 heteroatoms. The lowest BCUT2D eigenvalue weighted by molar-refractivity contribution is 0.0713. The molecular weight excluding hydrogens is 409 g/mol. The molecule has 1 amide bonds. The third-order valence-electron chi connectivity index (χ3n) is 6.58.